The third-order valence-corrected chi connectivity index (χ3v) is 6.29. The van der Waals surface area contributed by atoms with Crippen LogP contribution in [0.4, 0.5) is 0 Å². The lowest BCUT2D eigenvalue weighted by molar-refractivity contribution is 0.0582. The van der Waals surface area contributed by atoms with Crippen molar-refractivity contribution in [2.75, 3.05) is 20.2 Å². The van der Waals surface area contributed by atoms with Gasteiger partial charge in [-0.05, 0) is 67.6 Å². The van der Waals surface area contributed by atoms with Gasteiger partial charge >= 0.3 is 0 Å². The van der Waals surface area contributed by atoms with Crippen molar-refractivity contribution in [2.45, 2.75) is 25.5 Å². The molecule has 5 nitrogen and oxygen atoms in total. The molecule has 2 aromatic heterocycles. The molecule has 142 valence electrons. The van der Waals surface area contributed by atoms with Gasteiger partial charge in [-0.15, -0.1) is 11.3 Å². The van der Waals surface area contributed by atoms with Crippen LogP contribution in [0.1, 0.15) is 29.6 Å². The molecule has 0 radical (unpaired) electrons. The molecular formula is C21H25N3O2S. The Balaban J connectivity index is 1.38. The van der Waals surface area contributed by atoms with Gasteiger partial charge in [0.1, 0.15) is 11.6 Å². The van der Waals surface area contributed by atoms with E-state index in [-0.39, 0.29) is 6.10 Å². The third kappa shape index (κ3) is 4.08. The number of aromatic nitrogens is 2. The summed E-state index contributed by atoms with van der Waals surface area (Å²) in [7, 11) is 1.68. The minimum atomic E-state index is -0.326. The van der Waals surface area contributed by atoms with Crippen LogP contribution in [-0.4, -0.2) is 39.8 Å². The van der Waals surface area contributed by atoms with Gasteiger partial charge in [0.25, 0.3) is 0 Å². The molecule has 0 spiro atoms. The minimum Gasteiger partial charge on any atom is -0.497 e. The van der Waals surface area contributed by atoms with Gasteiger partial charge in [-0.3, -0.25) is 4.90 Å². The van der Waals surface area contributed by atoms with Crippen molar-refractivity contribution < 1.29 is 9.84 Å². The fourth-order valence-electron chi connectivity index (χ4n) is 3.75. The average molecular weight is 384 g/mol. The van der Waals surface area contributed by atoms with Gasteiger partial charge in [0.15, 0.2) is 0 Å². The summed E-state index contributed by atoms with van der Waals surface area (Å²) in [5.41, 5.74) is 1.09. The first-order chi connectivity index (χ1) is 13.2. The molecule has 0 amide bonds. The van der Waals surface area contributed by atoms with Gasteiger partial charge in [0, 0.05) is 23.0 Å². The van der Waals surface area contributed by atoms with Crippen LogP contribution in [0.15, 0.2) is 54.2 Å². The highest BCUT2D eigenvalue weighted by molar-refractivity contribution is 7.10. The number of nitrogens with zero attached hydrogens (tertiary/aromatic N) is 3. The highest BCUT2D eigenvalue weighted by atomic mass is 32.1. The van der Waals surface area contributed by atoms with E-state index in [4.69, 9.17) is 4.74 Å². The highest BCUT2D eigenvalue weighted by Crippen LogP contribution is 2.33. The Kier molecular flexibility index (Phi) is 5.57. The molecule has 27 heavy (non-hydrogen) atoms. The van der Waals surface area contributed by atoms with Crippen molar-refractivity contribution in [3.8, 4) is 11.4 Å². The molecule has 6 heteroatoms. The number of methoxy groups -OCH3 is 1. The van der Waals surface area contributed by atoms with E-state index in [0.717, 1.165) is 54.6 Å². The van der Waals surface area contributed by atoms with Crippen molar-refractivity contribution in [1.29, 1.82) is 0 Å². The second-order valence-electron chi connectivity index (χ2n) is 6.99. The van der Waals surface area contributed by atoms with Gasteiger partial charge in [-0.2, -0.15) is 0 Å². The Morgan fingerprint density at radius 2 is 2.00 bits per heavy atom. The monoisotopic (exact) mass is 383 g/mol. The van der Waals surface area contributed by atoms with Crippen molar-refractivity contribution in [3.05, 3.63) is 64.9 Å². The van der Waals surface area contributed by atoms with Crippen LogP contribution in [0.2, 0.25) is 0 Å². The second kappa shape index (κ2) is 8.25. The van der Waals surface area contributed by atoms with Crippen LogP contribution in [0.3, 0.4) is 0 Å². The second-order valence-corrected chi connectivity index (χ2v) is 7.96. The van der Waals surface area contributed by atoms with E-state index in [1.807, 2.05) is 54.2 Å². The van der Waals surface area contributed by atoms with Crippen LogP contribution in [-0.2, 0) is 6.54 Å². The highest BCUT2D eigenvalue weighted by Gasteiger charge is 2.27. The number of hydrogen-bond acceptors (Lipinski definition) is 5. The Labute approximate surface area is 163 Å². The number of hydrogen-bond donors (Lipinski definition) is 1. The summed E-state index contributed by atoms with van der Waals surface area (Å²) in [6.45, 7) is 2.80. The normalized spacial score (nSPS) is 17.1. The van der Waals surface area contributed by atoms with Gasteiger partial charge in [0.05, 0.1) is 19.8 Å². The van der Waals surface area contributed by atoms with E-state index in [0.29, 0.717) is 5.92 Å². The zero-order chi connectivity index (χ0) is 18.6. The first-order valence-electron chi connectivity index (χ1n) is 9.35. The molecular weight excluding hydrogens is 358 g/mol. The predicted octanol–water partition coefficient (Wildman–Crippen LogP) is 3.89. The number of ether oxygens (including phenoxy) is 1. The summed E-state index contributed by atoms with van der Waals surface area (Å²) in [6.07, 6.45) is 5.57. The number of imidazole rings is 1. The van der Waals surface area contributed by atoms with Crippen LogP contribution in [0, 0.1) is 5.92 Å². The number of aliphatic hydroxyl groups is 1. The molecule has 3 aromatic rings. The largest absolute Gasteiger partial charge is 0.497 e. The molecule has 1 saturated heterocycles. The Bertz CT molecular complexity index is 837. The number of thiophene rings is 1. The minimum absolute atomic E-state index is 0.326. The van der Waals surface area contributed by atoms with Gasteiger partial charge in [0.2, 0.25) is 0 Å². The molecule has 1 aliphatic heterocycles. The number of rotatable bonds is 6. The zero-order valence-electron chi connectivity index (χ0n) is 15.5. The van der Waals surface area contributed by atoms with Crippen molar-refractivity contribution in [3.63, 3.8) is 0 Å². The summed E-state index contributed by atoms with van der Waals surface area (Å²) in [6, 6.07) is 12.1. The third-order valence-electron chi connectivity index (χ3n) is 5.35. The molecule has 1 N–H and O–H groups in total. The lowest BCUT2D eigenvalue weighted by atomic mass is 9.90. The van der Waals surface area contributed by atoms with Crippen LogP contribution >= 0.6 is 11.3 Å². The average Bonchev–Trinajstić information content (AvgIpc) is 3.40. The van der Waals surface area contributed by atoms with Crippen LogP contribution in [0.25, 0.3) is 5.69 Å². The molecule has 1 aromatic carbocycles. The number of likely N-dealkylation sites (tertiary alicyclic amines) is 1. The number of aliphatic hydroxyl groups excluding tert-OH is 1. The lowest BCUT2D eigenvalue weighted by Crippen LogP contribution is -2.35. The van der Waals surface area contributed by atoms with E-state index < -0.39 is 0 Å². The van der Waals surface area contributed by atoms with Crippen LogP contribution in [0.5, 0.6) is 5.75 Å². The number of benzene rings is 1. The number of piperidine rings is 1. The Morgan fingerprint density at radius 3 is 2.67 bits per heavy atom. The Hall–Kier alpha value is -2.15. The molecule has 3 heterocycles. The van der Waals surface area contributed by atoms with E-state index in [2.05, 4.69) is 14.5 Å². The van der Waals surface area contributed by atoms with E-state index >= 15 is 0 Å². The smallest absolute Gasteiger partial charge is 0.127 e. The van der Waals surface area contributed by atoms with E-state index in [9.17, 15) is 5.11 Å². The lowest BCUT2D eigenvalue weighted by Gasteiger charge is -2.33. The van der Waals surface area contributed by atoms with Crippen molar-refractivity contribution in [2.24, 2.45) is 5.92 Å². The summed E-state index contributed by atoms with van der Waals surface area (Å²) in [5, 5.41) is 12.6. The fourth-order valence-corrected chi connectivity index (χ4v) is 4.55. The first kappa shape index (κ1) is 18.2. The summed E-state index contributed by atoms with van der Waals surface area (Å²) < 4.78 is 7.37. The predicted molar refractivity (Wildman–Crippen MR) is 107 cm³/mol. The summed E-state index contributed by atoms with van der Waals surface area (Å²) in [5.74, 6) is 2.24. The van der Waals surface area contributed by atoms with Gasteiger partial charge < -0.3 is 14.4 Å². The van der Waals surface area contributed by atoms with E-state index in [1.165, 1.54) is 0 Å². The maximum absolute atomic E-state index is 10.6. The quantitative estimate of drug-likeness (QED) is 0.702. The molecule has 0 bridgehead atoms. The Morgan fingerprint density at radius 1 is 1.22 bits per heavy atom. The van der Waals surface area contributed by atoms with Crippen LogP contribution < -0.4 is 4.74 Å². The maximum Gasteiger partial charge on any atom is 0.127 e. The zero-order valence-corrected chi connectivity index (χ0v) is 16.3. The maximum atomic E-state index is 10.6. The fraction of sp³-hybridized carbons (Fsp3) is 0.381. The summed E-state index contributed by atoms with van der Waals surface area (Å²) in [4.78, 5) is 8.08. The molecule has 1 atom stereocenters. The standard InChI is InChI=1S/C21H25N3O2S/c1-26-18-6-4-17(5-7-18)24-13-10-22-20(24)15-23-11-8-16(9-12-23)21(25)19-3-2-14-27-19/h2-7,10,13-14,16,21,25H,8-9,11-12,15H2,1H3. The molecule has 1 fully saturated rings. The molecule has 0 saturated carbocycles. The van der Waals surface area contributed by atoms with Gasteiger partial charge in [-0.1, -0.05) is 6.07 Å². The van der Waals surface area contributed by atoms with Gasteiger partial charge in [-0.25, -0.2) is 4.98 Å². The summed E-state index contributed by atoms with van der Waals surface area (Å²) >= 11 is 1.65. The molecule has 1 aliphatic rings. The topological polar surface area (TPSA) is 50.5 Å². The van der Waals surface area contributed by atoms with Crippen molar-refractivity contribution in [1.82, 2.24) is 14.5 Å². The SMILES string of the molecule is COc1ccc(-n2ccnc2CN2CCC(C(O)c3cccs3)CC2)cc1. The molecule has 0 aliphatic carbocycles. The molecule has 4 rings (SSSR count). The molecule has 1 unspecified atom stereocenters. The first-order valence-corrected chi connectivity index (χ1v) is 10.2. The van der Waals surface area contributed by atoms with E-state index in [1.54, 1.807) is 18.4 Å². The van der Waals surface area contributed by atoms with Crippen molar-refractivity contribution >= 4 is 11.3 Å².